The molecule has 8 heteroatoms. The number of esters is 1. The third kappa shape index (κ3) is 6.52. The molecule has 166 valence electrons. The molecule has 0 spiro atoms. The highest BCUT2D eigenvalue weighted by Gasteiger charge is 2.31. The molecule has 1 N–H and O–H groups in total. The molecule has 0 aromatic heterocycles. The number of benzene rings is 2. The number of carbonyl (C=O) groups is 2. The van der Waals surface area contributed by atoms with Gasteiger partial charge in [-0.25, -0.2) is 4.79 Å². The second-order valence-electron chi connectivity index (χ2n) is 7.74. The third-order valence-corrected chi connectivity index (χ3v) is 6.53. The number of nitrogens with one attached hydrogen (secondary N) is 1. The summed E-state index contributed by atoms with van der Waals surface area (Å²) in [5.74, 6) is 0.00413. The van der Waals surface area contributed by atoms with Crippen LogP contribution < -0.4 is 10.1 Å². The molecule has 3 rings (SSSR count). The lowest BCUT2D eigenvalue weighted by Crippen LogP contribution is -2.48. The van der Waals surface area contributed by atoms with Gasteiger partial charge >= 0.3 is 12.0 Å². The van der Waals surface area contributed by atoms with Crippen molar-refractivity contribution in [3.05, 3.63) is 57.5 Å². The molecule has 5 nitrogen and oxygen atoms in total. The Hall–Kier alpha value is -1.95. The summed E-state index contributed by atoms with van der Waals surface area (Å²) in [6.07, 6.45) is 4.22. The van der Waals surface area contributed by atoms with E-state index >= 15 is 0 Å². The van der Waals surface area contributed by atoms with Crippen LogP contribution in [0.4, 0.5) is 10.5 Å². The first kappa shape index (κ1) is 23.7. The molecule has 2 aromatic rings. The Morgan fingerprint density at radius 3 is 2.42 bits per heavy atom. The fourth-order valence-corrected chi connectivity index (χ4v) is 4.44. The number of para-hydroxylation sites is 1. The van der Waals surface area contributed by atoms with Crippen LogP contribution in [0.2, 0.25) is 15.1 Å². The van der Waals surface area contributed by atoms with Crippen LogP contribution in [0.1, 0.15) is 39.0 Å². The van der Waals surface area contributed by atoms with Gasteiger partial charge in [0, 0.05) is 24.3 Å². The predicted octanol–water partition coefficient (Wildman–Crippen LogP) is 7.06. The fourth-order valence-electron chi connectivity index (χ4n) is 3.86. The van der Waals surface area contributed by atoms with Crippen LogP contribution in [-0.2, 0) is 4.79 Å². The second-order valence-corrected chi connectivity index (χ2v) is 8.96. The van der Waals surface area contributed by atoms with E-state index in [1.54, 1.807) is 4.90 Å². The van der Waals surface area contributed by atoms with Gasteiger partial charge in [-0.15, -0.1) is 0 Å². The smallest absolute Gasteiger partial charge is 0.322 e. The first-order valence-electron chi connectivity index (χ1n) is 10.3. The van der Waals surface area contributed by atoms with Crippen molar-refractivity contribution in [3.63, 3.8) is 0 Å². The highest BCUT2D eigenvalue weighted by Crippen LogP contribution is 2.34. The molecule has 2 unspecified atom stereocenters. The molecule has 0 radical (unpaired) electrons. The Kier molecular flexibility index (Phi) is 8.47. The van der Waals surface area contributed by atoms with Crippen molar-refractivity contribution in [2.24, 2.45) is 5.92 Å². The number of carbonyl (C=O) groups excluding carboxylic acids is 2. The summed E-state index contributed by atoms with van der Waals surface area (Å²) in [6.45, 7) is 2.39. The summed E-state index contributed by atoms with van der Waals surface area (Å²) in [6, 6.07) is 12.0. The summed E-state index contributed by atoms with van der Waals surface area (Å²) < 4.78 is 5.37. The highest BCUT2D eigenvalue weighted by atomic mass is 35.5. The van der Waals surface area contributed by atoms with Crippen LogP contribution in [0.25, 0.3) is 0 Å². The number of rotatable bonds is 6. The predicted molar refractivity (Wildman–Crippen MR) is 125 cm³/mol. The van der Waals surface area contributed by atoms with Gasteiger partial charge in [0.15, 0.2) is 5.75 Å². The Morgan fingerprint density at radius 2 is 1.71 bits per heavy atom. The van der Waals surface area contributed by atoms with Crippen molar-refractivity contribution < 1.29 is 14.3 Å². The molecule has 1 saturated carbocycles. The van der Waals surface area contributed by atoms with E-state index in [0.29, 0.717) is 11.6 Å². The van der Waals surface area contributed by atoms with Crippen LogP contribution in [0, 0.1) is 5.92 Å². The zero-order valence-corrected chi connectivity index (χ0v) is 19.5. The maximum absolute atomic E-state index is 13.1. The molecule has 0 saturated heterocycles. The number of hydrogen-bond acceptors (Lipinski definition) is 3. The summed E-state index contributed by atoms with van der Waals surface area (Å²) in [4.78, 5) is 27.3. The van der Waals surface area contributed by atoms with Crippen LogP contribution >= 0.6 is 34.8 Å². The minimum atomic E-state index is -0.499. The number of urea groups is 1. The maximum atomic E-state index is 13.1. The van der Waals surface area contributed by atoms with E-state index in [1.807, 2.05) is 30.3 Å². The molecular weight excluding hydrogens is 459 g/mol. The van der Waals surface area contributed by atoms with E-state index in [-0.39, 0.29) is 45.9 Å². The van der Waals surface area contributed by atoms with Crippen LogP contribution in [0.3, 0.4) is 0 Å². The second kappa shape index (κ2) is 11.1. The van der Waals surface area contributed by atoms with Gasteiger partial charge in [0.2, 0.25) is 0 Å². The lowest BCUT2D eigenvalue weighted by molar-refractivity contribution is -0.134. The summed E-state index contributed by atoms with van der Waals surface area (Å²) in [7, 11) is 0. The van der Waals surface area contributed by atoms with Crippen LogP contribution in [0.5, 0.6) is 5.75 Å². The van der Waals surface area contributed by atoms with Gasteiger partial charge < -0.3 is 15.0 Å². The van der Waals surface area contributed by atoms with Gasteiger partial charge in [-0.2, -0.15) is 0 Å². The standard InChI is InChI=1S/C23H25Cl3N2O3/c1-15-7-5-6-10-20(15)28(23(30)27-16-8-3-2-4-9-16)12-11-22(29)31-21-14-18(25)17(24)13-19(21)26/h2-4,8-9,13-15,20H,5-7,10-12H2,1H3,(H,27,30). The molecule has 0 heterocycles. The van der Waals surface area contributed by atoms with Crippen LogP contribution in [-0.4, -0.2) is 29.5 Å². The molecule has 2 amide bonds. The number of halogens is 3. The third-order valence-electron chi connectivity index (χ3n) is 5.51. The Labute approximate surface area is 197 Å². The Bertz CT molecular complexity index is 924. The van der Waals surface area contributed by atoms with Crippen molar-refractivity contribution >= 4 is 52.5 Å². The first-order chi connectivity index (χ1) is 14.8. The molecule has 0 bridgehead atoms. The number of hydrogen-bond donors (Lipinski definition) is 1. The van der Waals surface area contributed by atoms with E-state index in [0.717, 1.165) is 25.7 Å². The SMILES string of the molecule is CC1CCCCC1N(CCC(=O)Oc1cc(Cl)c(Cl)cc1Cl)C(=O)Nc1ccccc1. The monoisotopic (exact) mass is 482 g/mol. The molecule has 2 aromatic carbocycles. The molecule has 31 heavy (non-hydrogen) atoms. The minimum Gasteiger partial charge on any atom is -0.425 e. The number of nitrogens with zero attached hydrogens (tertiary/aromatic N) is 1. The van der Waals surface area contributed by atoms with Gasteiger partial charge in [-0.3, -0.25) is 4.79 Å². The largest absolute Gasteiger partial charge is 0.425 e. The molecule has 0 aliphatic heterocycles. The van der Waals surface area contributed by atoms with Gasteiger partial charge in [-0.05, 0) is 37.0 Å². The van der Waals surface area contributed by atoms with E-state index in [2.05, 4.69) is 12.2 Å². The zero-order chi connectivity index (χ0) is 22.4. The van der Waals surface area contributed by atoms with Gasteiger partial charge in [0.1, 0.15) is 0 Å². The minimum absolute atomic E-state index is 0.0298. The van der Waals surface area contributed by atoms with E-state index in [1.165, 1.54) is 12.1 Å². The molecule has 1 aliphatic rings. The topological polar surface area (TPSA) is 58.6 Å². The van der Waals surface area contributed by atoms with E-state index in [9.17, 15) is 9.59 Å². The number of amides is 2. The lowest BCUT2D eigenvalue weighted by atomic mass is 9.85. The van der Waals surface area contributed by atoms with Gasteiger partial charge in [-0.1, -0.05) is 72.8 Å². The van der Waals surface area contributed by atoms with Crippen molar-refractivity contribution in [2.45, 2.75) is 45.1 Å². The van der Waals surface area contributed by atoms with E-state index in [4.69, 9.17) is 39.5 Å². The van der Waals surface area contributed by atoms with Crippen molar-refractivity contribution in [1.82, 2.24) is 4.90 Å². The van der Waals surface area contributed by atoms with Crippen LogP contribution in [0.15, 0.2) is 42.5 Å². The highest BCUT2D eigenvalue weighted by molar-refractivity contribution is 6.43. The Balaban J connectivity index is 1.68. The average Bonchev–Trinajstić information content (AvgIpc) is 2.74. The molecule has 2 atom stereocenters. The summed E-state index contributed by atoms with van der Waals surface area (Å²) in [5.41, 5.74) is 0.714. The normalized spacial score (nSPS) is 18.3. The first-order valence-corrected chi connectivity index (χ1v) is 11.5. The van der Waals surface area contributed by atoms with Crippen molar-refractivity contribution in [2.75, 3.05) is 11.9 Å². The lowest BCUT2D eigenvalue weighted by Gasteiger charge is -2.38. The number of ether oxygens (including phenoxy) is 1. The maximum Gasteiger partial charge on any atom is 0.322 e. The van der Waals surface area contributed by atoms with E-state index < -0.39 is 5.97 Å². The van der Waals surface area contributed by atoms with Gasteiger partial charge in [0.25, 0.3) is 0 Å². The fraction of sp³-hybridized carbons (Fsp3) is 0.391. The Morgan fingerprint density at radius 1 is 1.03 bits per heavy atom. The molecule has 1 fully saturated rings. The van der Waals surface area contributed by atoms with Crippen molar-refractivity contribution in [3.8, 4) is 5.75 Å². The number of anilines is 1. The van der Waals surface area contributed by atoms with Gasteiger partial charge in [0.05, 0.1) is 21.5 Å². The zero-order valence-electron chi connectivity index (χ0n) is 17.2. The summed E-state index contributed by atoms with van der Waals surface area (Å²) in [5, 5.41) is 3.66. The molecular formula is C23H25Cl3N2O3. The van der Waals surface area contributed by atoms with Crippen molar-refractivity contribution in [1.29, 1.82) is 0 Å². The molecule has 1 aliphatic carbocycles. The summed E-state index contributed by atoms with van der Waals surface area (Å²) >= 11 is 18.0. The quantitative estimate of drug-likeness (QED) is 0.272. The average molecular weight is 484 g/mol.